The molecule has 0 aliphatic carbocycles. The van der Waals surface area contributed by atoms with Gasteiger partial charge >= 0.3 is 0 Å². The molecule has 2 heterocycles. The normalized spacial score (nSPS) is 17.9. The monoisotopic (exact) mass is 485 g/mol. The highest BCUT2D eigenvalue weighted by Crippen LogP contribution is 2.25. The van der Waals surface area contributed by atoms with Gasteiger partial charge in [-0.15, -0.1) is 0 Å². The quantitative estimate of drug-likeness (QED) is 0.680. The first-order valence-corrected chi connectivity index (χ1v) is 13.9. The molecule has 4 rings (SSSR count). The van der Waals surface area contributed by atoms with Gasteiger partial charge in [0.15, 0.2) is 0 Å². The lowest BCUT2D eigenvalue weighted by Gasteiger charge is -2.16. The molecule has 0 atom stereocenters. The Balaban J connectivity index is 1.46. The number of rotatable bonds is 5. The Hall–Kier alpha value is -2.42. The molecule has 2 N–H and O–H groups in total. The first-order valence-electron chi connectivity index (χ1n) is 12.3. The smallest absolute Gasteiger partial charge is 0.251 e. The van der Waals surface area contributed by atoms with Gasteiger partial charge in [0.25, 0.3) is 5.91 Å². The van der Waals surface area contributed by atoms with E-state index in [2.05, 4.69) is 34.9 Å². The van der Waals surface area contributed by atoms with Crippen molar-refractivity contribution in [1.82, 2.24) is 14.9 Å². The minimum atomic E-state index is -3.32. The third-order valence-corrected chi connectivity index (χ3v) is 8.27. The van der Waals surface area contributed by atoms with Gasteiger partial charge in [-0.05, 0) is 73.5 Å². The number of fused-ring (bicyclic) bond motifs is 3. The van der Waals surface area contributed by atoms with Gasteiger partial charge in [-0.1, -0.05) is 24.3 Å². The number of nitrogens with zero attached hydrogens (tertiary/aromatic N) is 1. The van der Waals surface area contributed by atoms with Crippen molar-refractivity contribution in [3.05, 3.63) is 64.7 Å². The Labute approximate surface area is 202 Å². The molecule has 2 aliphatic rings. The number of ether oxygens (including phenoxy) is 1. The molecule has 1 amide bonds. The maximum atomic E-state index is 12.8. The third kappa shape index (κ3) is 6.81. The largest absolute Gasteiger partial charge is 0.493 e. The highest BCUT2D eigenvalue weighted by molar-refractivity contribution is 7.89. The van der Waals surface area contributed by atoms with Crippen LogP contribution < -0.4 is 15.4 Å². The number of carbonyl (C=O) groups excluding carboxylic acids is 1. The molecule has 0 radical (unpaired) electrons. The Morgan fingerprint density at radius 3 is 2.68 bits per heavy atom. The van der Waals surface area contributed by atoms with E-state index in [0.717, 1.165) is 62.1 Å². The zero-order valence-electron chi connectivity index (χ0n) is 19.7. The second-order valence-electron chi connectivity index (χ2n) is 9.08. The summed E-state index contributed by atoms with van der Waals surface area (Å²) in [7, 11) is -3.32. The summed E-state index contributed by atoms with van der Waals surface area (Å²) in [6, 6.07) is 14.0. The van der Waals surface area contributed by atoms with Gasteiger partial charge in [-0.3, -0.25) is 4.79 Å². The predicted molar refractivity (Wildman–Crippen MR) is 134 cm³/mol. The Bertz CT molecular complexity index is 1080. The molecular weight excluding hydrogens is 450 g/mol. The van der Waals surface area contributed by atoms with Crippen LogP contribution in [0.1, 0.15) is 59.2 Å². The van der Waals surface area contributed by atoms with E-state index >= 15 is 0 Å². The summed E-state index contributed by atoms with van der Waals surface area (Å²) in [6.07, 6.45) is 5.67. The molecule has 0 aromatic heterocycles. The van der Waals surface area contributed by atoms with Crippen molar-refractivity contribution >= 4 is 15.9 Å². The van der Waals surface area contributed by atoms with E-state index in [1.54, 1.807) is 6.07 Å². The average molecular weight is 486 g/mol. The summed E-state index contributed by atoms with van der Waals surface area (Å²) in [5.41, 5.74) is 3.87. The van der Waals surface area contributed by atoms with E-state index < -0.39 is 10.0 Å². The molecule has 0 unspecified atom stereocenters. The van der Waals surface area contributed by atoms with Crippen molar-refractivity contribution in [3.63, 3.8) is 0 Å². The molecular formula is C26H35N3O4S. The summed E-state index contributed by atoms with van der Waals surface area (Å²) in [6.45, 7) is 3.75. The van der Waals surface area contributed by atoms with Gasteiger partial charge in [0, 0.05) is 38.2 Å². The first kappa shape index (κ1) is 24.7. The average Bonchev–Trinajstić information content (AvgIpc) is 3.37. The van der Waals surface area contributed by atoms with Crippen LogP contribution in [0.2, 0.25) is 0 Å². The van der Waals surface area contributed by atoms with Crippen LogP contribution in [0.4, 0.5) is 0 Å². The molecule has 0 saturated carbocycles. The van der Waals surface area contributed by atoms with Crippen molar-refractivity contribution in [2.45, 2.75) is 45.1 Å². The van der Waals surface area contributed by atoms with Crippen LogP contribution in [0.5, 0.6) is 5.75 Å². The van der Waals surface area contributed by atoms with Gasteiger partial charge in [-0.2, -0.15) is 0 Å². The fourth-order valence-electron chi connectivity index (χ4n) is 4.50. The van der Waals surface area contributed by atoms with E-state index in [-0.39, 0.29) is 18.2 Å². The number of carbonyl (C=O) groups is 1. The first-order chi connectivity index (χ1) is 16.5. The van der Waals surface area contributed by atoms with Crippen LogP contribution in [-0.2, 0) is 23.0 Å². The topological polar surface area (TPSA) is 87.7 Å². The van der Waals surface area contributed by atoms with Crippen molar-refractivity contribution in [2.75, 3.05) is 38.5 Å². The molecule has 2 aromatic rings. The molecule has 2 bridgehead atoms. The van der Waals surface area contributed by atoms with E-state index in [4.69, 9.17) is 4.74 Å². The van der Waals surface area contributed by atoms with Gasteiger partial charge < -0.3 is 15.4 Å². The molecule has 1 saturated heterocycles. The van der Waals surface area contributed by atoms with Crippen LogP contribution in [0.25, 0.3) is 0 Å². The number of amides is 1. The van der Waals surface area contributed by atoms with Crippen LogP contribution >= 0.6 is 0 Å². The molecule has 34 heavy (non-hydrogen) atoms. The standard InChI is InChI=1S/C26H35N3O4S/c30-26(28-12-16-34(31,32)29-13-3-4-14-29)23-9-10-25-24(19-23)18-21-7-6-8-22(17-21)20-27-11-2-1-5-15-33-25/h6-10,17,19,27H,1-5,11-16,18,20H2,(H,28,30). The predicted octanol–water partition coefficient (Wildman–Crippen LogP) is 3.09. The minimum absolute atomic E-state index is 0.0758. The van der Waals surface area contributed by atoms with Crippen molar-refractivity contribution in [3.8, 4) is 5.75 Å². The van der Waals surface area contributed by atoms with Crippen molar-refractivity contribution in [1.29, 1.82) is 0 Å². The number of nitrogens with one attached hydrogen (secondary N) is 2. The molecule has 184 valence electrons. The number of hydrogen-bond donors (Lipinski definition) is 2. The summed E-state index contributed by atoms with van der Waals surface area (Å²) >= 11 is 0. The summed E-state index contributed by atoms with van der Waals surface area (Å²) < 4.78 is 32.4. The molecule has 1 fully saturated rings. The minimum Gasteiger partial charge on any atom is -0.493 e. The fourth-order valence-corrected chi connectivity index (χ4v) is 5.94. The summed E-state index contributed by atoms with van der Waals surface area (Å²) in [5, 5.41) is 6.28. The highest BCUT2D eigenvalue weighted by atomic mass is 32.2. The lowest BCUT2D eigenvalue weighted by atomic mass is 9.99. The maximum absolute atomic E-state index is 12.8. The number of sulfonamides is 1. The highest BCUT2D eigenvalue weighted by Gasteiger charge is 2.25. The van der Waals surface area contributed by atoms with Crippen molar-refractivity contribution in [2.24, 2.45) is 0 Å². The van der Waals surface area contributed by atoms with Crippen LogP contribution in [-0.4, -0.2) is 57.2 Å². The van der Waals surface area contributed by atoms with E-state index in [9.17, 15) is 13.2 Å². The number of hydrogen-bond acceptors (Lipinski definition) is 5. The Morgan fingerprint density at radius 1 is 1.00 bits per heavy atom. The molecule has 8 heteroatoms. The zero-order valence-corrected chi connectivity index (χ0v) is 20.5. The summed E-state index contributed by atoms with van der Waals surface area (Å²) in [5.74, 6) is 0.457. The van der Waals surface area contributed by atoms with Crippen LogP contribution in [0.15, 0.2) is 42.5 Å². The molecule has 0 spiro atoms. The van der Waals surface area contributed by atoms with Crippen molar-refractivity contribution < 1.29 is 17.9 Å². The van der Waals surface area contributed by atoms with Gasteiger partial charge in [-0.25, -0.2) is 12.7 Å². The SMILES string of the molecule is O=C(NCCS(=O)(=O)N1CCCC1)c1ccc2c(c1)Cc1cccc(c1)CNCCCCCO2. The van der Waals surface area contributed by atoms with E-state index in [1.165, 1.54) is 9.87 Å². The number of benzene rings is 2. The third-order valence-electron chi connectivity index (χ3n) is 6.40. The molecule has 7 nitrogen and oxygen atoms in total. The summed E-state index contributed by atoms with van der Waals surface area (Å²) in [4.78, 5) is 12.8. The van der Waals surface area contributed by atoms with Gasteiger partial charge in [0.05, 0.1) is 12.4 Å². The van der Waals surface area contributed by atoms with Gasteiger partial charge in [0.1, 0.15) is 5.75 Å². The fraction of sp³-hybridized carbons (Fsp3) is 0.500. The second-order valence-corrected chi connectivity index (χ2v) is 11.2. The zero-order chi connectivity index (χ0) is 23.8. The Morgan fingerprint density at radius 2 is 1.82 bits per heavy atom. The van der Waals surface area contributed by atoms with Crippen LogP contribution in [0.3, 0.4) is 0 Å². The molecule has 2 aromatic carbocycles. The van der Waals surface area contributed by atoms with E-state index in [1.807, 2.05) is 12.1 Å². The van der Waals surface area contributed by atoms with E-state index in [0.29, 0.717) is 31.7 Å². The van der Waals surface area contributed by atoms with Crippen LogP contribution in [0, 0.1) is 0 Å². The maximum Gasteiger partial charge on any atom is 0.251 e. The second kappa shape index (κ2) is 11.8. The lowest BCUT2D eigenvalue weighted by molar-refractivity contribution is 0.0956. The Kier molecular flexibility index (Phi) is 8.59. The van der Waals surface area contributed by atoms with Gasteiger partial charge in [0.2, 0.25) is 10.0 Å². The molecule has 2 aliphatic heterocycles. The lowest BCUT2D eigenvalue weighted by Crippen LogP contribution is -2.36.